The van der Waals surface area contributed by atoms with Crippen molar-refractivity contribution in [2.45, 2.75) is 44.9 Å². The Bertz CT molecular complexity index is 1210. The Hall–Kier alpha value is -3.52. The van der Waals surface area contributed by atoms with Gasteiger partial charge in [-0.3, -0.25) is 9.59 Å². The predicted molar refractivity (Wildman–Crippen MR) is 132 cm³/mol. The Morgan fingerprint density at radius 3 is 2.47 bits per heavy atom. The number of ether oxygens (including phenoxy) is 1. The van der Waals surface area contributed by atoms with Crippen LogP contribution in [-0.2, 0) is 13.0 Å². The topological polar surface area (TPSA) is 82.6 Å². The van der Waals surface area contributed by atoms with Gasteiger partial charge in [-0.2, -0.15) is 8.78 Å². The molecule has 36 heavy (non-hydrogen) atoms. The normalized spacial score (nSPS) is 18.2. The van der Waals surface area contributed by atoms with Gasteiger partial charge in [-0.1, -0.05) is 30.3 Å². The zero-order valence-electron chi connectivity index (χ0n) is 20.1. The van der Waals surface area contributed by atoms with Crippen molar-refractivity contribution in [3.8, 4) is 5.75 Å². The standard InChI is InChI=1S/C28H30F2N2O4/c1-32(17-23-3-2-4-25(33)31-23)27(35)21-8-5-18(6-9-21)15-19-7-10-22(16-19)26(34)20-11-13-24(14-12-20)36-28(29)30/h2-6,8-9,11-14,19,22,26,28,34H,7,10,15-17H2,1H3,(H,31,33)/t19-,22-,26+/m0/s1. The van der Waals surface area contributed by atoms with Crippen molar-refractivity contribution in [2.75, 3.05) is 7.05 Å². The number of halogens is 2. The number of aromatic nitrogens is 1. The van der Waals surface area contributed by atoms with E-state index >= 15 is 0 Å². The van der Waals surface area contributed by atoms with Gasteiger partial charge in [0.25, 0.3) is 5.91 Å². The third-order valence-electron chi connectivity index (χ3n) is 6.78. The second-order valence-corrected chi connectivity index (χ2v) is 9.43. The van der Waals surface area contributed by atoms with Gasteiger partial charge in [-0.25, -0.2) is 0 Å². The van der Waals surface area contributed by atoms with Crippen molar-refractivity contribution < 1.29 is 23.4 Å². The summed E-state index contributed by atoms with van der Waals surface area (Å²) in [4.78, 5) is 28.5. The molecule has 0 radical (unpaired) electrons. The lowest BCUT2D eigenvalue weighted by Crippen LogP contribution is -2.27. The molecule has 8 heteroatoms. The number of rotatable bonds is 9. The van der Waals surface area contributed by atoms with E-state index in [-0.39, 0.29) is 23.1 Å². The van der Waals surface area contributed by atoms with Gasteiger partial charge in [-0.05, 0) is 79.0 Å². The number of pyridine rings is 1. The number of nitrogens with zero attached hydrogens (tertiary/aromatic N) is 1. The number of aliphatic hydroxyl groups excluding tert-OH is 1. The number of carbonyl (C=O) groups is 1. The maximum Gasteiger partial charge on any atom is 0.387 e. The summed E-state index contributed by atoms with van der Waals surface area (Å²) in [5, 5.41) is 10.8. The van der Waals surface area contributed by atoms with E-state index < -0.39 is 12.7 Å². The highest BCUT2D eigenvalue weighted by Crippen LogP contribution is 2.40. The van der Waals surface area contributed by atoms with Crippen molar-refractivity contribution >= 4 is 5.91 Å². The minimum absolute atomic E-state index is 0.0772. The third kappa shape index (κ3) is 6.57. The van der Waals surface area contributed by atoms with Crippen LogP contribution < -0.4 is 10.3 Å². The molecular weight excluding hydrogens is 466 g/mol. The van der Waals surface area contributed by atoms with E-state index in [2.05, 4.69) is 9.72 Å². The van der Waals surface area contributed by atoms with Gasteiger partial charge in [-0.15, -0.1) is 0 Å². The number of carbonyl (C=O) groups excluding carboxylic acids is 1. The van der Waals surface area contributed by atoms with Gasteiger partial charge in [0.15, 0.2) is 0 Å². The SMILES string of the molecule is CN(Cc1cccc(=O)[nH]1)C(=O)c1ccc(C[C@@H]2CC[C@H]([C@H](O)c3ccc(OC(F)F)cc3)C2)cc1. The van der Waals surface area contributed by atoms with E-state index in [0.29, 0.717) is 29.3 Å². The molecule has 2 N–H and O–H groups in total. The lowest BCUT2D eigenvalue weighted by molar-refractivity contribution is -0.0498. The summed E-state index contributed by atoms with van der Waals surface area (Å²) in [6.45, 7) is -2.56. The minimum Gasteiger partial charge on any atom is -0.435 e. The number of aliphatic hydroxyl groups is 1. The molecule has 2 aromatic carbocycles. The van der Waals surface area contributed by atoms with Crippen molar-refractivity contribution in [2.24, 2.45) is 11.8 Å². The lowest BCUT2D eigenvalue weighted by atomic mass is 9.91. The number of hydrogen-bond donors (Lipinski definition) is 2. The van der Waals surface area contributed by atoms with Crippen LogP contribution in [0.4, 0.5) is 8.78 Å². The molecule has 3 aromatic rings. The molecule has 1 aromatic heterocycles. The highest BCUT2D eigenvalue weighted by Gasteiger charge is 2.30. The summed E-state index contributed by atoms with van der Waals surface area (Å²) in [6.07, 6.45) is 2.97. The van der Waals surface area contributed by atoms with Crippen molar-refractivity contribution in [1.29, 1.82) is 0 Å². The third-order valence-corrected chi connectivity index (χ3v) is 6.78. The zero-order valence-corrected chi connectivity index (χ0v) is 20.1. The highest BCUT2D eigenvalue weighted by molar-refractivity contribution is 5.94. The smallest absolute Gasteiger partial charge is 0.387 e. The van der Waals surface area contributed by atoms with Crippen molar-refractivity contribution in [3.05, 3.63) is 99.5 Å². The molecule has 0 bridgehead atoms. The zero-order chi connectivity index (χ0) is 25.7. The fourth-order valence-electron chi connectivity index (χ4n) is 4.95. The van der Waals surface area contributed by atoms with E-state index in [1.165, 1.54) is 18.2 Å². The van der Waals surface area contributed by atoms with Crippen LogP contribution in [0, 0.1) is 11.8 Å². The van der Waals surface area contributed by atoms with Gasteiger partial charge >= 0.3 is 6.61 Å². The van der Waals surface area contributed by atoms with Crippen LogP contribution in [0.3, 0.4) is 0 Å². The first-order valence-electron chi connectivity index (χ1n) is 12.0. The Morgan fingerprint density at radius 1 is 1.08 bits per heavy atom. The highest BCUT2D eigenvalue weighted by atomic mass is 19.3. The Kier molecular flexibility index (Phi) is 8.15. The molecule has 1 aliphatic rings. The number of benzene rings is 2. The average Bonchev–Trinajstić information content (AvgIpc) is 3.32. The van der Waals surface area contributed by atoms with Crippen molar-refractivity contribution in [3.63, 3.8) is 0 Å². The molecular formula is C28H30F2N2O4. The van der Waals surface area contributed by atoms with Gasteiger partial charge in [0.1, 0.15) is 5.75 Å². The largest absolute Gasteiger partial charge is 0.435 e. The molecule has 0 unspecified atom stereocenters. The summed E-state index contributed by atoms with van der Waals surface area (Å²) >= 11 is 0. The van der Waals surface area contributed by atoms with Gasteiger partial charge in [0.2, 0.25) is 5.56 Å². The molecule has 0 aliphatic heterocycles. The fourth-order valence-corrected chi connectivity index (χ4v) is 4.95. The quantitative estimate of drug-likeness (QED) is 0.440. The fraction of sp³-hybridized carbons (Fsp3) is 0.357. The van der Waals surface area contributed by atoms with Crippen LogP contribution in [0.15, 0.2) is 71.5 Å². The van der Waals surface area contributed by atoms with Crippen LogP contribution >= 0.6 is 0 Å². The molecule has 1 saturated carbocycles. The number of H-pyrrole nitrogens is 1. The number of nitrogens with one attached hydrogen (secondary N) is 1. The van der Waals surface area contributed by atoms with Gasteiger partial charge < -0.3 is 19.7 Å². The van der Waals surface area contributed by atoms with Crippen molar-refractivity contribution in [1.82, 2.24) is 9.88 Å². The number of aromatic amines is 1. The van der Waals surface area contributed by atoms with Crippen LogP contribution in [0.5, 0.6) is 5.75 Å². The summed E-state index contributed by atoms with van der Waals surface area (Å²) in [6, 6.07) is 18.6. The van der Waals surface area contributed by atoms with Crippen LogP contribution in [0.2, 0.25) is 0 Å². The second-order valence-electron chi connectivity index (χ2n) is 9.43. The van der Waals surface area contributed by atoms with Crippen LogP contribution in [0.25, 0.3) is 0 Å². The van der Waals surface area contributed by atoms with E-state index in [1.807, 2.05) is 24.3 Å². The Balaban J connectivity index is 1.29. The Labute approximate surface area is 208 Å². The molecule has 1 fully saturated rings. The molecule has 1 aliphatic carbocycles. The van der Waals surface area contributed by atoms with Gasteiger partial charge in [0.05, 0.1) is 12.6 Å². The monoisotopic (exact) mass is 496 g/mol. The molecule has 0 saturated heterocycles. The van der Waals surface area contributed by atoms with E-state index in [0.717, 1.165) is 31.2 Å². The first-order valence-corrected chi connectivity index (χ1v) is 12.0. The van der Waals surface area contributed by atoms with E-state index in [4.69, 9.17) is 0 Å². The van der Waals surface area contributed by atoms with E-state index in [1.54, 1.807) is 36.2 Å². The number of hydrogen-bond acceptors (Lipinski definition) is 4. The first-order chi connectivity index (χ1) is 17.3. The summed E-state index contributed by atoms with van der Waals surface area (Å²) in [5.41, 5.74) is 2.89. The summed E-state index contributed by atoms with van der Waals surface area (Å²) in [7, 11) is 1.70. The molecule has 0 spiro atoms. The first kappa shape index (κ1) is 25.6. The molecule has 3 atom stereocenters. The molecule has 4 rings (SSSR count). The molecule has 190 valence electrons. The molecule has 6 nitrogen and oxygen atoms in total. The van der Waals surface area contributed by atoms with E-state index in [9.17, 15) is 23.5 Å². The minimum atomic E-state index is -2.87. The summed E-state index contributed by atoms with van der Waals surface area (Å²) in [5.74, 6) is 0.481. The van der Waals surface area contributed by atoms with Gasteiger partial charge in [0, 0.05) is 24.4 Å². The maximum atomic E-state index is 12.8. The maximum absolute atomic E-state index is 12.8. The molecule has 1 amide bonds. The molecule has 1 heterocycles. The lowest BCUT2D eigenvalue weighted by Gasteiger charge is -2.19. The predicted octanol–water partition coefficient (Wildman–Crippen LogP) is 4.94. The average molecular weight is 497 g/mol. The Morgan fingerprint density at radius 2 is 1.81 bits per heavy atom. The number of alkyl halides is 2. The second kappa shape index (κ2) is 11.5. The van der Waals surface area contributed by atoms with Crippen LogP contribution in [0.1, 0.15) is 52.5 Å². The van der Waals surface area contributed by atoms with Crippen LogP contribution in [-0.4, -0.2) is 34.6 Å². The summed E-state index contributed by atoms with van der Waals surface area (Å²) < 4.78 is 29.0. The number of amides is 1.